The molecule has 0 bridgehead atoms. The molecule has 3 heteroatoms. The second-order valence-electron chi connectivity index (χ2n) is 4.97. The Bertz CT molecular complexity index is 313. The topological polar surface area (TPSA) is 29.9 Å². The van der Waals surface area contributed by atoms with Crippen molar-refractivity contribution in [3.8, 4) is 0 Å². The summed E-state index contributed by atoms with van der Waals surface area (Å²) in [7, 11) is 0. The zero-order valence-corrected chi connectivity index (χ0v) is 10.4. The molecule has 90 valence electrons. The van der Waals surface area contributed by atoms with Crippen LogP contribution >= 0.6 is 0 Å². The van der Waals surface area contributed by atoms with Gasteiger partial charge in [-0.05, 0) is 26.7 Å². The third kappa shape index (κ3) is 2.85. The lowest BCUT2D eigenvalue weighted by Gasteiger charge is -2.25. The van der Waals surface area contributed by atoms with Crippen LogP contribution in [-0.4, -0.2) is 22.1 Å². The zero-order valence-electron chi connectivity index (χ0n) is 10.4. The average molecular weight is 221 g/mol. The summed E-state index contributed by atoms with van der Waals surface area (Å²) in [4.78, 5) is 4.27. The second-order valence-corrected chi connectivity index (χ2v) is 4.97. The smallest absolute Gasteiger partial charge is 0.105 e. The first kappa shape index (κ1) is 11.6. The fraction of sp³-hybridized carbons (Fsp3) is 0.769. The van der Waals surface area contributed by atoms with Crippen LogP contribution in [-0.2, 0) is 0 Å². The van der Waals surface area contributed by atoms with Crippen molar-refractivity contribution < 1.29 is 0 Å². The molecule has 1 N–H and O–H groups in total. The van der Waals surface area contributed by atoms with E-state index in [-0.39, 0.29) is 0 Å². The highest BCUT2D eigenvalue weighted by atomic mass is 15.1. The SMILES string of the molecule is Cc1nccn1C(C)CNC1CCCCC1. The van der Waals surface area contributed by atoms with Crippen LogP contribution in [0.3, 0.4) is 0 Å². The van der Waals surface area contributed by atoms with E-state index in [0.29, 0.717) is 6.04 Å². The molecule has 16 heavy (non-hydrogen) atoms. The van der Waals surface area contributed by atoms with Gasteiger partial charge in [0.05, 0.1) is 0 Å². The molecule has 0 spiro atoms. The lowest BCUT2D eigenvalue weighted by atomic mass is 9.95. The van der Waals surface area contributed by atoms with Gasteiger partial charge in [-0.15, -0.1) is 0 Å². The van der Waals surface area contributed by atoms with Crippen LogP contribution in [0.1, 0.15) is 50.9 Å². The maximum absolute atomic E-state index is 4.27. The van der Waals surface area contributed by atoms with Gasteiger partial charge in [0, 0.05) is 31.0 Å². The maximum atomic E-state index is 4.27. The van der Waals surface area contributed by atoms with Crippen molar-refractivity contribution in [1.82, 2.24) is 14.9 Å². The van der Waals surface area contributed by atoms with Crippen molar-refractivity contribution in [2.24, 2.45) is 0 Å². The van der Waals surface area contributed by atoms with Crippen molar-refractivity contribution in [2.75, 3.05) is 6.54 Å². The minimum Gasteiger partial charge on any atom is -0.331 e. The Labute approximate surface area is 98.3 Å². The number of nitrogens with one attached hydrogen (secondary N) is 1. The van der Waals surface area contributed by atoms with E-state index in [1.165, 1.54) is 32.1 Å². The quantitative estimate of drug-likeness (QED) is 0.847. The lowest BCUT2D eigenvalue weighted by Crippen LogP contribution is -2.35. The molecular formula is C13H23N3. The van der Waals surface area contributed by atoms with Crippen molar-refractivity contribution >= 4 is 0 Å². The highest BCUT2D eigenvalue weighted by Gasteiger charge is 2.14. The van der Waals surface area contributed by atoms with E-state index in [9.17, 15) is 0 Å². The van der Waals surface area contributed by atoms with Crippen LogP contribution in [0.2, 0.25) is 0 Å². The molecule has 3 nitrogen and oxygen atoms in total. The standard InChI is InChI=1S/C13H23N3/c1-11(16-9-8-14-12(16)2)10-15-13-6-4-3-5-7-13/h8-9,11,13,15H,3-7,10H2,1-2H3. The summed E-state index contributed by atoms with van der Waals surface area (Å²) in [6, 6.07) is 1.25. The van der Waals surface area contributed by atoms with Crippen molar-refractivity contribution in [2.45, 2.75) is 58.0 Å². The molecule has 1 saturated carbocycles. The minimum atomic E-state index is 0.504. The Morgan fingerprint density at radius 1 is 1.44 bits per heavy atom. The molecule has 1 aromatic heterocycles. The Hall–Kier alpha value is -0.830. The third-order valence-electron chi connectivity index (χ3n) is 3.64. The van der Waals surface area contributed by atoms with Gasteiger partial charge < -0.3 is 9.88 Å². The van der Waals surface area contributed by atoms with E-state index in [1.807, 2.05) is 6.20 Å². The van der Waals surface area contributed by atoms with Gasteiger partial charge in [-0.25, -0.2) is 4.98 Å². The van der Waals surface area contributed by atoms with Crippen LogP contribution in [0.15, 0.2) is 12.4 Å². The number of hydrogen-bond acceptors (Lipinski definition) is 2. The van der Waals surface area contributed by atoms with E-state index >= 15 is 0 Å². The van der Waals surface area contributed by atoms with E-state index < -0.39 is 0 Å². The van der Waals surface area contributed by atoms with Gasteiger partial charge >= 0.3 is 0 Å². The lowest BCUT2D eigenvalue weighted by molar-refractivity contribution is 0.350. The molecule has 1 aliphatic rings. The first-order chi connectivity index (χ1) is 7.77. The summed E-state index contributed by atoms with van der Waals surface area (Å²) < 4.78 is 2.25. The zero-order chi connectivity index (χ0) is 11.4. The molecule has 2 rings (SSSR count). The molecule has 1 unspecified atom stereocenters. The van der Waals surface area contributed by atoms with Crippen molar-refractivity contribution in [3.63, 3.8) is 0 Å². The molecule has 0 saturated heterocycles. The number of aryl methyl sites for hydroxylation is 1. The van der Waals surface area contributed by atoms with Gasteiger partial charge in [0.1, 0.15) is 5.82 Å². The van der Waals surface area contributed by atoms with E-state index in [2.05, 4.69) is 34.9 Å². The molecule has 0 aliphatic heterocycles. The molecule has 0 aromatic carbocycles. The van der Waals surface area contributed by atoms with Gasteiger partial charge in [-0.1, -0.05) is 19.3 Å². The Kier molecular flexibility index (Phi) is 3.99. The third-order valence-corrected chi connectivity index (χ3v) is 3.64. The molecule has 0 amide bonds. The molecule has 1 fully saturated rings. The molecule has 1 aliphatic carbocycles. The predicted molar refractivity (Wildman–Crippen MR) is 66.6 cm³/mol. The van der Waals surface area contributed by atoms with Crippen LogP contribution in [0.5, 0.6) is 0 Å². The van der Waals surface area contributed by atoms with Gasteiger partial charge in [0.25, 0.3) is 0 Å². The van der Waals surface area contributed by atoms with E-state index in [4.69, 9.17) is 0 Å². The summed E-state index contributed by atoms with van der Waals surface area (Å²) in [6.45, 7) is 5.38. The van der Waals surface area contributed by atoms with Gasteiger partial charge in [-0.3, -0.25) is 0 Å². The summed E-state index contributed by atoms with van der Waals surface area (Å²) in [5.74, 6) is 1.11. The number of aromatic nitrogens is 2. The largest absolute Gasteiger partial charge is 0.331 e. The molecule has 1 atom stereocenters. The Morgan fingerprint density at radius 3 is 2.81 bits per heavy atom. The van der Waals surface area contributed by atoms with Crippen LogP contribution < -0.4 is 5.32 Å². The van der Waals surface area contributed by atoms with Crippen molar-refractivity contribution in [1.29, 1.82) is 0 Å². The number of rotatable bonds is 4. The average Bonchev–Trinajstić information content (AvgIpc) is 2.74. The van der Waals surface area contributed by atoms with Gasteiger partial charge in [0.15, 0.2) is 0 Å². The number of imidazole rings is 1. The second kappa shape index (κ2) is 5.48. The van der Waals surface area contributed by atoms with Gasteiger partial charge in [0.2, 0.25) is 0 Å². The Morgan fingerprint density at radius 2 is 2.19 bits per heavy atom. The molecule has 0 radical (unpaired) electrons. The van der Waals surface area contributed by atoms with Crippen LogP contribution in [0, 0.1) is 6.92 Å². The highest BCUT2D eigenvalue weighted by Crippen LogP contribution is 2.18. The Balaban J connectivity index is 1.79. The van der Waals surface area contributed by atoms with Crippen molar-refractivity contribution in [3.05, 3.63) is 18.2 Å². The van der Waals surface area contributed by atoms with E-state index in [1.54, 1.807) is 0 Å². The highest BCUT2D eigenvalue weighted by molar-refractivity contribution is 4.92. The fourth-order valence-corrected chi connectivity index (χ4v) is 2.60. The number of hydrogen-bond donors (Lipinski definition) is 1. The maximum Gasteiger partial charge on any atom is 0.105 e. The molecular weight excluding hydrogens is 198 g/mol. The number of nitrogens with zero attached hydrogens (tertiary/aromatic N) is 2. The fourth-order valence-electron chi connectivity index (χ4n) is 2.60. The molecule has 1 heterocycles. The first-order valence-electron chi connectivity index (χ1n) is 6.50. The summed E-state index contributed by atoms with van der Waals surface area (Å²) in [5, 5.41) is 3.69. The minimum absolute atomic E-state index is 0.504. The first-order valence-corrected chi connectivity index (χ1v) is 6.50. The summed E-state index contributed by atoms with van der Waals surface area (Å²) in [6.07, 6.45) is 10.9. The summed E-state index contributed by atoms with van der Waals surface area (Å²) in [5.41, 5.74) is 0. The van der Waals surface area contributed by atoms with Gasteiger partial charge in [-0.2, -0.15) is 0 Å². The van der Waals surface area contributed by atoms with Crippen LogP contribution in [0.25, 0.3) is 0 Å². The normalized spacial score (nSPS) is 19.9. The van der Waals surface area contributed by atoms with Crippen LogP contribution in [0.4, 0.5) is 0 Å². The monoisotopic (exact) mass is 221 g/mol. The predicted octanol–water partition coefficient (Wildman–Crippen LogP) is 2.67. The summed E-state index contributed by atoms with van der Waals surface area (Å²) >= 11 is 0. The molecule has 1 aromatic rings. The van der Waals surface area contributed by atoms with E-state index in [0.717, 1.165) is 18.4 Å².